The predicted molar refractivity (Wildman–Crippen MR) is 135 cm³/mol. The van der Waals surface area contributed by atoms with Crippen molar-refractivity contribution in [3.63, 3.8) is 0 Å². The number of methoxy groups -OCH3 is 1. The highest BCUT2D eigenvalue weighted by Gasteiger charge is 2.46. The number of amides is 1. The Balaban J connectivity index is 1.43. The summed E-state index contributed by atoms with van der Waals surface area (Å²) in [5.41, 5.74) is 7.10. The lowest BCUT2D eigenvalue weighted by Gasteiger charge is -2.31. The van der Waals surface area contributed by atoms with Crippen LogP contribution in [0.5, 0.6) is 5.75 Å². The van der Waals surface area contributed by atoms with Crippen LogP contribution in [0, 0.1) is 0 Å². The molecule has 11 heteroatoms. The van der Waals surface area contributed by atoms with Crippen LogP contribution in [0.25, 0.3) is 22.4 Å². The van der Waals surface area contributed by atoms with E-state index in [1.807, 2.05) is 24.3 Å². The molecule has 2 aliphatic rings. The summed E-state index contributed by atoms with van der Waals surface area (Å²) >= 11 is 0. The molecule has 202 valence electrons. The fourth-order valence-electron chi connectivity index (χ4n) is 5.36. The highest BCUT2D eigenvalue weighted by atomic mass is 19.4. The molecule has 2 aromatic carbocycles. The summed E-state index contributed by atoms with van der Waals surface area (Å²) in [5, 5.41) is 11.3. The number of oxazole rings is 1. The largest absolute Gasteiger partial charge is 0.494 e. The van der Waals surface area contributed by atoms with Crippen molar-refractivity contribution in [2.24, 2.45) is 5.73 Å². The molecule has 4 aromatic rings. The number of nitrogens with two attached hydrogens (primary N) is 1. The normalized spacial score (nSPS) is 18.8. The number of fused-ring (bicyclic) bond motifs is 2. The standard InChI is InChI=1S/C28H25F3N4O4/c1-38-20-10-8-18(17-9-11-22(28(29,30)31)33-23(17)20)26-34-24(21(13-32)39-26)27(37)35(15-6-7-15)25-16-5-3-2-4-14(16)12-19(25)36/h2-5,8-11,15,19,25,36H,6-7,12-13,32H2,1H3/t19-,25+/m0/s1. The first kappa shape index (κ1) is 25.3. The molecule has 39 heavy (non-hydrogen) atoms. The van der Waals surface area contributed by atoms with Crippen LogP contribution in [0.4, 0.5) is 13.2 Å². The molecule has 0 saturated heterocycles. The second-order valence-corrected chi connectivity index (χ2v) is 9.76. The van der Waals surface area contributed by atoms with Crippen molar-refractivity contribution >= 4 is 16.8 Å². The van der Waals surface area contributed by atoms with Crippen molar-refractivity contribution in [1.29, 1.82) is 0 Å². The second kappa shape index (κ2) is 9.35. The lowest BCUT2D eigenvalue weighted by atomic mass is 10.0. The number of benzene rings is 2. The number of ether oxygens (including phenoxy) is 1. The highest BCUT2D eigenvalue weighted by molar-refractivity contribution is 5.98. The van der Waals surface area contributed by atoms with Crippen LogP contribution < -0.4 is 10.5 Å². The molecule has 8 nitrogen and oxygen atoms in total. The Morgan fingerprint density at radius 3 is 2.62 bits per heavy atom. The van der Waals surface area contributed by atoms with Gasteiger partial charge in [-0.25, -0.2) is 9.97 Å². The van der Waals surface area contributed by atoms with E-state index in [9.17, 15) is 23.1 Å². The molecule has 3 N–H and O–H groups in total. The lowest BCUT2D eigenvalue weighted by molar-refractivity contribution is -0.140. The number of hydrogen-bond donors (Lipinski definition) is 2. The fourth-order valence-corrected chi connectivity index (χ4v) is 5.36. The first-order valence-corrected chi connectivity index (χ1v) is 12.5. The Morgan fingerprint density at radius 2 is 1.92 bits per heavy atom. The third-order valence-corrected chi connectivity index (χ3v) is 7.29. The molecule has 2 atom stereocenters. The third kappa shape index (κ3) is 4.31. The van der Waals surface area contributed by atoms with Gasteiger partial charge in [0.05, 0.1) is 25.8 Å². The highest BCUT2D eigenvalue weighted by Crippen LogP contribution is 2.43. The Hall–Kier alpha value is -3.96. The average molecular weight is 539 g/mol. The predicted octanol–water partition coefficient (Wildman–Crippen LogP) is 4.64. The summed E-state index contributed by atoms with van der Waals surface area (Å²) in [6, 6.07) is 12.3. The quantitative estimate of drug-likeness (QED) is 0.368. The number of aliphatic hydroxyl groups excluding tert-OH is 1. The maximum Gasteiger partial charge on any atom is 0.433 e. The minimum absolute atomic E-state index is 0.0137. The topological polar surface area (TPSA) is 115 Å². The molecule has 2 heterocycles. The van der Waals surface area contributed by atoms with E-state index in [4.69, 9.17) is 14.9 Å². The molecular weight excluding hydrogens is 513 g/mol. The van der Waals surface area contributed by atoms with Crippen LogP contribution >= 0.6 is 0 Å². The Kier molecular flexibility index (Phi) is 6.07. The smallest absolute Gasteiger partial charge is 0.433 e. The Labute approximate surface area is 221 Å². The van der Waals surface area contributed by atoms with Crippen LogP contribution in [0.2, 0.25) is 0 Å². The van der Waals surface area contributed by atoms with Crippen molar-refractivity contribution in [2.45, 2.75) is 50.2 Å². The maximum atomic E-state index is 14.0. The third-order valence-electron chi connectivity index (χ3n) is 7.29. The zero-order valence-electron chi connectivity index (χ0n) is 20.9. The zero-order chi connectivity index (χ0) is 27.5. The monoisotopic (exact) mass is 538 g/mol. The first-order chi connectivity index (χ1) is 18.7. The Bertz CT molecular complexity index is 1580. The molecular formula is C28H25F3N4O4. The molecule has 2 aliphatic carbocycles. The minimum Gasteiger partial charge on any atom is -0.494 e. The van der Waals surface area contributed by atoms with Gasteiger partial charge in [0.25, 0.3) is 5.91 Å². The van der Waals surface area contributed by atoms with Crippen LogP contribution in [-0.2, 0) is 19.1 Å². The number of halogens is 3. The van der Waals surface area contributed by atoms with E-state index in [0.29, 0.717) is 17.4 Å². The van der Waals surface area contributed by atoms with Gasteiger partial charge in [-0.2, -0.15) is 13.2 Å². The van der Waals surface area contributed by atoms with E-state index in [1.54, 1.807) is 11.0 Å². The van der Waals surface area contributed by atoms with Gasteiger partial charge in [0.2, 0.25) is 5.89 Å². The number of aliphatic hydroxyl groups is 1. The maximum absolute atomic E-state index is 14.0. The molecule has 1 saturated carbocycles. The molecule has 6 rings (SSSR count). The van der Waals surface area contributed by atoms with Gasteiger partial charge in [0.15, 0.2) is 11.5 Å². The van der Waals surface area contributed by atoms with Crippen LogP contribution in [-0.4, -0.2) is 45.1 Å². The van der Waals surface area contributed by atoms with Crippen molar-refractivity contribution in [3.05, 3.63) is 76.8 Å². The number of nitrogens with zero attached hydrogens (tertiary/aromatic N) is 3. The van der Waals surface area contributed by atoms with E-state index in [1.165, 1.54) is 19.2 Å². The lowest BCUT2D eigenvalue weighted by Crippen LogP contribution is -2.41. The van der Waals surface area contributed by atoms with E-state index < -0.39 is 29.9 Å². The van der Waals surface area contributed by atoms with Gasteiger partial charge < -0.3 is 24.9 Å². The molecule has 0 bridgehead atoms. The fraction of sp³-hybridized carbons (Fsp3) is 0.321. The molecule has 1 fully saturated rings. The zero-order valence-corrected chi connectivity index (χ0v) is 20.9. The number of carbonyl (C=O) groups excluding carboxylic acids is 1. The number of pyridine rings is 1. The van der Waals surface area contributed by atoms with Crippen LogP contribution in [0.3, 0.4) is 0 Å². The first-order valence-electron chi connectivity index (χ1n) is 12.5. The van der Waals surface area contributed by atoms with Gasteiger partial charge in [0.1, 0.15) is 17.0 Å². The van der Waals surface area contributed by atoms with Crippen LogP contribution in [0.15, 0.2) is 52.9 Å². The summed E-state index contributed by atoms with van der Waals surface area (Å²) < 4.78 is 51.2. The van der Waals surface area contributed by atoms with Gasteiger partial charge >= 0.3 is 6.18 Å². The van der Waals surface area contributed by atoms with Gasteiger partial charge in [-0.05, 0) is 48.2 Å². The number of carbonyl (C=O) groups is 1. The van der Waals surface area contributed by atoms with Crippen molar-refractivity contribution in [2.75, 3.05) is 7.11 Å². The van der Waals surface area contributed by atoms with Crippen LogP contribution in [0.1, 0.15) is 52.0 Å². The summed E-state index contributed by atoms with van der Waals surface area (Å²) in [7, 11) is 1.34. The van der Waals surface area contributed by atoms with Crippen molar-refractivity contribution in [3.8, 4) is 17.2 Å². The SMILES string of the molecule is COc1ccc(-c2nc(C(=O)N(C3CC3)[C@@H]3c4ccccc4C[C@@H]3O)c(CN)o2)c2ccc(C(F)(F)F)nc12. The van der Waals surface area contributed by atoms with Crippen molar-refractivity contribution in [1.82, 2.24) is 14.9 Å². The molecule has 0 unspecified atom stereocenters. The summed E-state index contributed by atoms with van der Waals surface area (Å²) in [5.74, 6) is -0.0963. The van der Waals surface area contributed by atoms with E-state index in [-0.39, 0.29) is 41.2 Å². The Morgan fingerprint density at radius 1 is 1.15 bits per heavy atom. The minimum atomic E-state index is -4.64. The molecule has 0 spiro atoms. The van der Waals surface area contributed by atoms with E-state index in [0.717, 1.165) is 30.0 Å². The molecule has 0 radical (unpaired) electrons. The van der Waals surface area contributed by atoms with Crippen molar-refractivity contribution < 1.29 is 32.2 Å². The molecule has 0 aliphatic heterocycles. The average Bonchev–Trinajstić information content (AvgIpc) is 3.58. The van der Waals surface area contributed by atoms with E-state index in [2.05, 4.69) is 9.97 Å². The number of rotatable bonds is 6. The number of aromatic nitrogens is 2. The number of alkyl halides is 3. The second-order valence-electron chi connectivity index (χ2n) is 9.76. The van der Waals surface area contributed by atoms with Gasteiger partial charge in [-0.1, -0.05) is 24.3 Å². The van der Waals surface area contributed by atoms with E-state index >= 15 is 0 Å². The number of hydrogen-bond acceptors (Lipinski definition) is 7. The summed E-state index contributed by atoms with van der Waals surface area (Å²) in [6.07, 6.45) is -3.36. The summed E-state index contributed by atoms with van der Waals surface area (Å²) in [6.45, 7) is -0.124. The van der Waals surface area contributed by atoms with Gasteiger partial charge in [0, 0.05) is 23.4 Å². The van der Waals surface area contributed by atoms with Gasteiger partial charge in [-0.3, -0.25) is 4.79 Å². The van der Waals surface area contributed by atoms with Gasteiger partial charge in [-0.15, -0.1) is 0 Å². The molecule has 1 amide bonds. The summed E-state index contributed by atoms with van der Waals surface area (Å²) in [4.78, 5) is 24.0. The molecule has 2 aromatic heterocycles.